The van der Waals surface area contributed by atoms with Gasteiger partial charge in [-0.15, -0.1) is 0 Å². The summed E-state index contributed by atoms with van der Waals surface area (Å²) in [5, 5.41) is 3.23. The number of rotatable bonds is 4. The number of carbonyl (C=O) groups is 1. The highest BCUT2D eigenvalue weighted by Crippen LogP contribution is 2.08. The summed E-state index contributed by atoms with van der Waals surface area (Å²) in [6.45, 7) is 5.38. The summed E-state index contributed by atoms with van der Waals surface area (Å²) in [6, 6.07) is -0.304. The van der Waals surface area contributed by atoms with Gasteiger partial charge in [-0.25, -0.2) is 0 Å². The van der Waals surface area contributed by atoms with Crippen LogP contribution in [0, 0.1) is 0 Å². The SMILES string of the molecule is COC(C)C(C(N)=O)N1CCNCC1. The molecule has 2 atom stereocenters. The first-order chi connectivity index (χ1) is 6.66. The zero-order valence-electron chi connectivity index (χ0n) is 8.82. The Labute approximate surface area is 84.6 Å². The Morgan fingerprint density at radius 3 is 2.50 bits per heavy atom. The van der Waals surface area contributed by atoms with E-state index in [9.17, 15) is 4.79 Å². The molecule has 5 nitrogen and oxygen atoms in total. The molecule has 2 unspecified atom stereocenters. The molecule has 0 aromatic rings. The molecule has 1 rings (SSSR count). The molecule has 1 saturated heterocycles. The second kappa shape index (κ2) is 5.29. The number of hydrogen-bond acceptors (Lipinski definition) is 4. The first-order valence-electron chi connectivity index (χ1n) is 4.93. The van der Waals surface area contributed by atoms with Crippen molar-refractivity contribution in [3.8, 4) is 0 Å². The van der Waals surface area contributed by atoms with Crippen molar-refractivity contribution in [3.05, 3.63) is 0 Å². The zero-order chi connectivity index (χ0) is 10.6. The summed E-state index contributed by atoms with van der Waals surface area (Å²) in [6.07, 6.45) is -0.148. The van der Waals surface area contributed by atoms with E-state index in [4.69, 9.17) is 10.5 Å². The molecular weight excluding hydrogens is 182 g/mol. The molecule has 0 saturated carbocycles. The lowest BCUT2D eigenvalue weighted by Crippen LogP contribution is -2.57. The van der Waals surface area contributed by atoms with Gasteiger partial charge in [0.05, 0.1) is 6.10 Å². The van der Waals surface area contributed by atoms with Crippen LogP contribution in [0.5, 0.6) is 0 Å². The van der Waals surface area contributed by atoms with Gasteiger partial charge < -0.3 is 15.8 Å². The van der Waals surface area contributed by atoms with Gasteiger partial charge in [0.15, 0.2) is 0 Å². The Hall–Kier alpha value is -0.650. The number of carbonyl (C=O) groups excluding carboxylic acids is 1. The maximum atomic E-state index is 11.3. The van der Waals surface area contributed by atoms with Gasteiger partial charge in [-0.2, -0.15) is 0 Å². The highest BCUT2D eigenvalue weighted by Gasteiger charge is 2.30. The number of methoxy groups -OCH3 is 1. The summed E-state index contributed by atoms with van der Waals surface area (Å²) in [4.78, 5) is 13.4. The van der Waals surface area contributed by atoms with Crippen LogP contribution >= 0.6 is 0 Å². The van der Waals surface area contributed by atoms with Gasteiger partial charge in [-0.1, -0.05) is 0 Å². The lowest BCUT2D eigenvalue weighted by atomic mass is 10.1. The first-order valence-corrected chi connectivity index (χ1v) is 4.93. The van der Waals surface area contributed by atoms with Crippen molar-refractivity contribution in [2.24, 2.45) is 5.73 Å². The van der Waals surface area contributed by atoms with Gasteiger partial charge >= 0.3 is 0 Å². The van der Waals surface area contributed by atoms with Crippen molar-refractivity contribution in [3.63, 3.8) is 0 Å². The van der Waals surface area contributed by atoms with Gasteiger partial charge in [0, 0.05) is 33.3 Å². The molecule has 82 valence electrons. The van der Waals surface area contributed by atoms with Gasteiger partial charge in [0.1, 0.15) is 6.04 Å². The van der Waals surface area contributed by atoms with Crippen LogP contribution in [0.2, 0.25) is 0 Å². The molecular formula is C9H19N3O2. The number of ether oxygens (including phenoxy) is 1. The predicted octanol–water partition coefficient (Wildman–Crippen LogP) is -1.22. The number of piperazine rings is 1. The molecule has 1 heterocycles. The molecule has 3 N–H and O–H groups in total. The number of hydrogen-bond donors (Lipinski definition) is 2. The third-order valence-corrected chi connectivity index (χ3v) is 2.65. The van der Waals surface area contributed by atoms with Crippen molar-refractivity contribution in [2.45, 2.75) is 19.1 Å². The number of primary amides is 1. The number of nitrogens with zero attached hydrogens (tertiary/aromatic N) is 1. The summed E-state index contributed by atoms with van der Waals surface area (Å²) < 4.78 is 5.16. The van der Waals surface area contributed by atoms with E-state index in [2.05, 4.69) is 10.2 Å². The van der Waals surface area contributed by atoms with Crippen LogP contribution in [0.3, 0.4) is 0 Å². The molecule has 1 aliphatic heterocycles. The van der Waals surface area contributed by atoms with Crippen LogP contribution in [0.1, 0.15) is 6.92 Å². The van der Waals surface area contributed by atoms with E-state index >= 15 is 0 Å². The van der Waals surface area contributed by atoms with Gasteiger partial charge in [0.25, 0.3) is 0 Å². The van der Waals surface area contributed by atoms with Crippen molar-refractivity contribution in [1.29, 1.82) is 0 Å². The van der Waals surface area contributed by atoms with Crippen molar-refractivity contribution >= 4 is 5.91 Å². The Bertz CT molecular complexity index is 192. The van der Waals surface area contributed by atoms with E-state index in [0.717, 1.165) is 26.2 Å². The van der Waals surface area contributed by atoms with E-state index < -0.39 is 0 Å². The van der Waals surface area contributed by atoms with Crippen LogP contribution in [0.25, 0.3) is 0 Å². The molecule has 0 aliphatic carbocycles. The normalized spacial score (nSPS) is 23.0. The largest absolute Gasteiger partial charge is 0.380 e. The summed E-state index contributed by atoms with van der Waals surface area (Å²) in [5.74, 6) is -0.304. The highest BCUT2D eigenvalue weighted by atomic mass is 16.5. The van der Waals surface area contributed by atoms with E-state index in [1.54, 1.807) is 7.11 Å². The number of nitrogens with one attached hydrogen (secondary N) is 1. The van der Waals surface area contributed by atoms with Crippen LogP contribution in [-0.4, -0.2) is 56.2 Å². The summed E-state index contributed by atoms with van der Waals surface area (Å²) in [7, 11) is 1.60. The number of amides is 1. The molecule has 0 radical (unpaired) electrons. The quantitative estimate of drug-likeness (QED) is 0.598. The van der Waals surface area contributed by atoms with Crippen molar-refractivity contribution < 1.29 is 9.53 Å². The van der Waals surface area contributed by atoms with Crippen molar-refractivity contribution in [1.82, 2.24) is 10.2 Å². The predicted molar refractivity (Wildman–Crippen MR) is 53.9 cm³/mol. The fourth-order valence-electron chi connectivity index (χ4n) is 1.80. The summed E-state index contributed by atoms with van der Waals surface area (Å²) >= 11 is 0. The average molecular weight is 201 g/mol. The van der Waals surface area contributed by atoms with Crippen LogP contribution in [-0.2, 0) is 9.53 Å². The highest BCUT2D eigenvalue weighted by molar-refractivity contribution is 5.80. The third-order valence-electron chi connectivity index (χ3n) is 2.65. The first kappa shape index (κ1) is 11.4. The third kappa shape index (κ3) is 2.67. The van der Waals surface area contributed by atoms with Gasteiger partial charge in [-0.05, 0) is 6.92 Å². The topological polar surface area (TPSA) is 67.6 Å². The van der Waals surface area contributed by atoms with Gasteiger partial charge in [-0.3, -0.25) is 9.69 Å². The fourth-order valence-corrected chi connectivity index (χ4v) is 1.80. The molecule has 14 heavy (non-hydrogen) atoms. The minimum Gasteiger partial charge on any atom is -0.380 e. The minimum absolute atomic E-state index is 0.148. The molecule has 0 spiro atoms. The summed E-state index contributed by atoms with van der Waals surface area (Å²) in [5.41, 5.74) is 5.36. The molecule has 1 fully saturated rings. The standard InChI is InChI=1S/C9H19N3O2/c1-7(14-2)8(9(10)13)12-5-3-11-4-6-12/h7-8,11H,3-6H2,1-2H3,(H2,10,13). The van der Waals surface area contributed by atoms with Crippen LogP contribution in [0.4, 0.5) is 0 Å². The molecule has 0 bridgehead atoms. The smallest absolute Gasteiger partial charge is 0.237 e. The molecule has 5 heteroatoms. The maximum Gasteiger partial charge on any atom is 0.237 e. The molecule has 0 aromatic carbocycles. The van der Waals surface area contributed by atoms with E-state index in [1.807, 2.05) is 6.92 Å². The lowest BCUT2D eigenvalue weighted by Gasteiger charge is -2.35. The van der Waals surface area contributed by atoms with Crippen molar-refractivity contribution in [2.75, 3.05) is 33.3 Å². The Morgan fingerprint density at radius 1 is 1.50 bits per heavy atom. The molecule has 1 amide bonds. The van der Waals surface area contributed by atoms with Gasteiger partial charge in [0.2, 0.25) is 5.91 Å². The maximum absolute atomic E-state index is 11.3. The molecule has 0 aromatic heterocycles. The number of nitrogens with two attached hydrogens (primary N) is 1. The monoisotopic (exact) mass is 201 g/mol. The molecule has 1 aliphatic rings. The van der Waals surface area contributed by atoms with E-state index in [1.165, 1.54) is 0 Å². The van der Waals surface area contributed by atoms with Crippen LogP contribution < -0.4 is 11.1 Å². The minimum atomic E-state index is -0.304. The Balaban J connectivity index is 2.60. The zero-order valence-corrected chi connectivity index (χ0v) is 8.82. The second-order valence-corrected chi connectivity index (χ2v) is 3.57. The Morgan fingerprint density at radius 2 is 2.07 bits per heavy atom. The van der Waals surface area contributed by atoms with E-state index in [0.29, 0.717) is 0 Å². The van der Waals surface area contributed by atoms with Crippen LogP contribution in [0.15, 0.2) is 0 Å². The second-order valence-electron chi connectivity index (χ2n) is 3.57. The average Bonchev–Trinajstić information content (AvgIpc) is 2.19. The Kier molecular flexibility index (Phi) is 4.31. The lowest BCUT2D eigenvalue weighted by molar-refractivity contribution is -0.128. The fraction of sp³-hybridized carbons (Fsp3) is 0.889. The van der Waals surface area contributed by atoms with E-state index in [-0.39, 0.29) is 18.1 Å².